The summed E-state index contributed by atoms with van der Waals surface area (Å²) in [7, 11) is 1.56. The number of carboxylic acid groups (broad SMARTS) is 1. The van der Waals surface area contributed by atoms with Crippen LogP contribution in [0.4, 0.5) is 0 Å². The number of methoxy groups -OCH3 is 1. The molecule has 0 spiro atoms. The standard InChI is InChI=1S/C11H9NO3/c1-15-8-4-2-7-3-5-9(11(13)14)12-10(7)6-8/h2-6H,1H3,(H,13,14). The highest BCUT2D eigenvalue weighted by molar-refractivity contribution is 5.90. The molecule has 0 saturated carbocycles. The van der Waals surface area contributed by atoms with E-state index in [0.717, 1.165) is 5.39 Å². The van der Waals surface area contributed by atoms with E-state index in [0.29, 0.717) is 11.3 Å². The van der Waals surface area contributed by atoms with Gasteiger partial charge in [0.1, 0.15) is 11.4 Å². The number of aromatic carboxylic acids is 1. The molecule has 0 unspecified atom stereocenters. The van der Waals surface area contributed by atoms with Crippen LogP contribution in [-0.4, -0.2) is 23.2 Å². The molecule has 4 heteroatoms. The SMILES string of the molecule is COc1ccc2ccc(C(=O)O)nc2c1. The van der Waals surface area contributed by atoms with E-state index in [1.807, 2.05) is 12.1 Å². The molecule has 15 heavy (non-hydrogen) atoms. The number of pyridine rings is 1. The number of aromatic nitrogens is 1. The lowest BCUT2D eigenvalue weighted by atomic mass is 10.2. The second-order valence-electron chi connectivity index (χ2n) is 3.06. The van der Waals surface area contributed by atoms with Crippen molar-refractivity contribution >= 4 is 16.9 Å². The summed E-state index contributed by atoms with van der Waals surface area (Å²) in [6.07, 6.45) is 0. The third-order valence-corrected chi connectivity index (χ3v) is 2.12. The van der Waals surface area contributed by atoms with Gasteiger partial charge in [0, 0.05) is 11.5 Å². The summed E-state index contributed by atoms with van der Waals surface area (Å²) >= 11 is 0. The average Bonchev–Trinajstić information content (AvgIpc) is 2.27. The Kier molecular flexibility index (Phi) is 2.25. The van der Waals surface area contributed by atoms with Gasteiger partial charge < -0.3 is 9.84 Å². The minimum absolute atomic E-state index is 0.0377. The molecule has 1 heterocycles. The molecular weight excluding hydrogens is 194 g/mol. The van der Waals surface area contributed by atoms with Gasteiger partial charge in [-0.1, -0.05) is 6.07 Å². The van der Waals surface area contributed by atoms with E-state index >= 15 is 0 Å². The number of nitrogens with zero attached hydrogens (tertiary/aromatic N) is 1. The van der Waals surface area contributed by atoms with Crippen molar-refractivity contribution in [2.24, 2.45) is 0 Å². The Labute approximate surface area is 86.1 Å². The summed E-state index contributed by atoms with van der Waals surface area (Å²) in [5.41, 5.74) is 0.657. The highest BCUT2D eigenvalue weighted by atomic mass is 16.5. The molecule has 2 aromatic rings. The Morgan fingerprint density at radius 3 is 2.73 bits per heavy atom. The van der Waals surface area contributed by atoms with Crippen LogP contribution in [-0.2, 0) is 0 Å². The van der Waals surface area contributed by atoms with Crippen molar-refractivity contribution in [2.45, 2.75) is 0 Å². The zero-order valence-electron chi connectivity index (χ0n) is 8.10. The van der Waals surface area contributed by atoms with E-state index in [1.54, 1.807) is 19.2 Å². The van der Waals surface area contributed by atoms with Gasteiger partial charge in [0.05, 0.1) is 12.6 Å². The van der Waals surface area contributed by atoms with Crippen LogP contribution in [0.25, 0.3) is 10.9 Å². The van der Waals surface area contributed by atoms with Crippen molar-refractivity contribution in [1.82, 2.24) is 4.98 Å². The molecule has 0 aliphatic carbocycles. The molecule has 0 aliphatic heterocycles. The molecule has 2 rings (SSSR count). The number of carboxylic acids is 1. The number of benzene rings is 1. The van der Waals surface area contributed by atoms with E-state index < -0.39 is 5.97 Å². The van der Waals surface area contributed by atoms with Crippen LogP contribution in [0.2, 0.25) is 0 Å². The summed E-state index contributed by atoms with van der Waals surface area (Å²) in [4.78, 5) is 14.7. The number of carbonyl (C=O) groups is 1. The summed E-state index contributed by atoms with van der Waals surface area (Å²) < 4.78 is 5.04. The largest absolute Gasteiger partial charge is 0.497 e. The van der Waals surface area contributed by atoms with Crippen LogP contribution in [0, 0.1) is 0 Å². The first-order valence-corrected chi connectivity index (χ1v) is 4.39. The molecule has 1 aromatic heterocycles. The van der Waals surface area contributed by atoms with E-state index in [2.05, 4.69) is 4.98 Å². The van der Waals surface area contributed by atoms with Gasteiger partial charge in [-0.3, -0.25) is 0 Å². The topological polar surface area (TPSA) is 59.4 Å². The Balaban J connectivity index is 2.62. The number of rotatable bonds is 2. The lowest BCUT2D eigenvalue weighted by molar-refractivity contribution is 0.0691. The first-order chi connectivity index (χ1) is 7.20. The average molecular weight is 203 g/mol. The molecule has 0 amide bonds. The van der Waals surface area contributed by atoms with E-state index in [4.69, 9.17) is 9.84 Å². The maximum absolute atomic E-state index is 10.7. The van der Waals surface area contributed by atoms with Gasteiger partial charge in [-0.2, -0.15) is 0 Å². The Morgan fingerprint density at radius 1 is 1.33 bits per heavy atom. The number of ether oxygens (including phenoxy) is 1. The zero-order valence-corrected chi connectivity index (χ0v) is 8.10. The molecule has 76 valence electrons. The molecule has 4 nitrogen and oxygen atoms in total. The summed E-state index contributed by atoms with van der Waals surface area (Å²) in [5.74, 6) is -0.364. The molecule has 0 aliphatic rings. The van der Waals surface area contributed by atoms with Gasteiger partial charge in [-0.15, -0.1) is 0 Å². The van der Waals surface area contributed by atoms with Crippen LogP contribution < -0.4 is 4.74 Å². The van der Waals surface area contributed by atoms with Crippen molar-refractivity contribution < 1.29 is 14.6 Å². The fourth-order valence-electron chi connectivity index (χ4n) is 1.34. The molecule has 0 bridgehead atoms. The van der Waals surface area contributed by atoms with Crippen molar-refractivity contribution in [2.75, 3.05) is 7.11 Å². The highest BCUT2D eigenvalue weighted by Gasteiger charge is 2.05. The van der Waals surface area contributed by atoms with Gasteiger partial charge in [0.25, 0.3) is 0 Å². The quantitative estimate of drug-likeness (QED) is 0.810. The fourth-order valence-corrected chi connectivity index (χ4v) is 1.34. The molecule has 0 radical (unpaired) electrons. The predicted octanol–water partition coefficient (Wildman–Crippen LogP) is 1.94. The van der Waals surface area contributed by atoms with E-state index in [-0.39, 0.29) is 5.69 Å². The second-order valence-corrected chi connectivity index (χ2v) is 3.06. The van der Waals surface area contributed by atoms with Crippen molar-refractivity contribution in [1.29, 1.82) is 0 Å². The van der Waals surface area contributed by atoms with Crippen LogP contribution in [0.15, 0.2) is 30.3 Å². The molecule has 0 saturated heterocycles. The van der Waals surface area contributed by atoms with Gasteiger partial charge in [0.2, 0.25) is 0 Å². The lowest BCUT2D eigenvalue weighted by Crippen LogP contribution is -1.99. The van der Waals surface area contributed by atoms with Gasteiger partial charge in [-0.25, -0.2) is 9.78 Å². The monoisotopic (exact) mass is 203 g/mol. The minimum atomic E-state index is -1.03. The van der Waals surface area contributed by atoms with Gasteiger partial charge in [0.15, 0.2) is 0 Å². The third kappa shape index (κ3) is 1.74. The molecule has 0 fully saturated rings. The van der Waals surface area contributed by atoms with Crippen molar-refractivity contribution in [3.05, 3.63) is 36.0 Å². The highest BCUT2D eigenvalue weighted by Crippen LogP contribution is 2.19. The smallest absolute Gasteiger partial charge is 0.354 e. The maximum atomic E-state index is 10.7. The minimum Gasteiger partial charge on any atom is -0.497 e. The second kappa shape index (κ2) is 3.57. The van der Waals surface area contributed by atoms with E-state index in [9.17, 15) is 4.79 Å². The number of hydrogen-bond acceptors (Lipinski definition) is 3. The predicted molar refractivity (Wildman–Crippen MR) is 55.3 cm³/mol. The first kappa shape index (κ1) is 9.45. The van der Waals surface area contributed by atoms with Gasteiger partial charge in [-0.05, 0) is 18.2 Å². The normalized spacial score (nSPS) is 10.2. The molecule has 1 N–H and O–H groups in total. The Morgan fingerprint density at radius 2 is 2.07 bits per heavy atom. The lowest BCUT2D eigenvalue weighted by Gasteiger charge is -2.02. The third-order valence-electron chi connectivity index (χ3n) is 2.12. The maximum Gasteiger partial charge on any atom is 0.354 e. The van der Waals surface area contributed by atoms with Crippen LogP contribution in [0.3, 0.4) is 0 Å². The number of fused-ring (bicyclic) bond motifs is 1. The number of hydrogen-bond donors (Lipinski definition) is 1. The molecule has 0 atom stereocenters. The molecule has 1 aromatic carbocycles. The summed E-state index contributed by atoms with van der Waals surface area (Å²) in [6.45, 7) is 0. The van der Waals surface area contributed by atoms with Crippen LogP contribution in [0.1, 0.15) is 10.5 Å². The van der Waals surface area contributed by atoms with Crippen molar-refractivity contribution in [3.63, 3.8) is 0 Å². The zero-order chi connectivity index (χ0) is 10.8. The summed E-state index contributed by atoms with van der Waals surface area (Å²) in [5, 5.41) is 9.67. The summed E-state index contributed by atoms with van der Waals surface area (Å²) in [6, 6.07) is 8.57. The van der Waals surface area contributed by atoms with Crippen LogP contribution in [0.5, 0.6) is 5.75 Å². The Bertz CT molecular complexity index is 522. The van der Waals surface area contributed by atoms with E-state index in [1.165, 1.54) is 6.07 Å². The van der Waals surface area contributed by atoms with Crippen molar-refractivity contribution in [3.8, 4) is 5.75 Å². The van der Waals surface area contributed by atoms with Gasteiger partial charge >= 0.3 is 5.97 Å². The Hall–Kier alpha value is -2.10. The van der Waals surface area contributed by atoms with Crippen LogP contribution >= 0.6 is 0 Å². The fraction of sp³-hybridized carbons (Fsp3) is 0.0909. The molecular formula is C11H9NO3. The first-order valence-electron chi connectivity index (χ1n) is 4.39.